The Morgan fingerprint density at radius 3 is 3.00 bits per heavy atom. The Bertz CT molecular complexity index is 672. The Balaban J connectivity index is 1.95. The Labute approximate surface area is 103 Å². The van der Waals surface area contributed by atoms with E-state index in [1.54, 1.807) is 0 Å². The van der Waals surface area contributed by atoms with Crippen LogP contribution in [0.5, 0.6) is 0 Å². The van der Waals surface area contributed by atoms with Crippen LogP contribution in [0.4, 0.5) is 5.95 Å². The van der Waals surface area contributed by atoms with E-state index in [1.807, 2.05) is 23.6 Å². The molecule has 0 radical (unpaired) electrons. The molecular formula is C11H12N6O. The molecule has 0 fully saturated rings. The number of aromatic nitrogens is 5. The number of pyridine rings is 1. The monoisotopic (exact) mass is 244 g/mol. The summed E-state index contributed by atoms with van der Waals surface area (Å²) in [5.74, 6) is 1.02. The molecule has 0 unspecified atom stereocenters. The van der Waals surface area contributed by atoms with Gasteiger partial charge in [-0.2, -0.15) is 4.98 Å². The van der Waals surface area contributed by atoms with Crippen LogP contribution in [-0.4, -0.2) is 24.7 Å². The van der Waals surface area contributed by atoms with Crippen molar-refractivity contribution in [2.75, 3.05) is 5.73 Å². The molecule has 3 aromatic rings. The Morgan fingerprint density at radius 2 is 2.22 bits per heavy atom. The summed E-state index contributed by atoms with van der Waals surface area (Å²) < 4.78 is 6.81. The highest BCUT2D eigenvalue weighted by Gasteiger charge is 2.10. The van der Waals surface area contributed by atoms with Crippen LogP contribution in [-0.2, 0) is 13.0 Å². The minimum absolute atomic E-state index is 0.447. The van der Waals surface area contributed by atoms with Crippen molar-refractivity contribution < 1.29 is 4.52 Å². The highest BCUT2D eigenvalue weighted by atomic mass is 16.5. The van der Waals surface area contributed by atoms with Crippen molar-refractivity contribution in [3.05, 3.63) is 30.0 Å². The van der Waals surface area contributed by atoms with Crippen molar-refractivity contribution in [1.82, 2.24) is 24.7 Å². The maximum absolute atomic E-state index is 5.89. The number of hydrogen-bond donors (Lipinski definition) is 1. The number of nitrogens with two attached hydrogens (primary N) is 1. The molecule has 0 bridgehead atoms. The minimum Gasteiger partial charge on any atom is -0.369 e. The van der Waals surface area contributed by atoms with Gasteiger partial charge in [0.15, 0.2) is 12.0 Å². The fourth-order valence-electron chi connectivity index (χ4n) is 1.85. The molecule has 7 nitrogen and oxygen atoms in total. The van der Waals surface area contributed by atoms with Crippen LogP contribution < -0.4 is 5.73 Å². The SMILES string of the molecule is Cc1ccc2nc(N)n(CCc3ncno3)c2n1. The van der Waals surface area contributed by atoms with Crippen molar-refractivity contribution in [2.45, 2.75) is 19.9 Å². The fourth-order valence-corrected chi connectivity index (χ4v) is 1.85. The summed E-state index contributed by atoms with van der Waals surface area (Å²) in [5, 5.41) is 3.56. The van der Waals surface area contributed by atoms with Gasteiger partial charge in [-0.05, 0) is 19.1 Å². The first kappa shape index (κ1) is 10.7. The van der Waals surface area contributed by atoms with Gasteiger partial charge >= 0.3 is 0 Å². The zero-order valence-corrected chi connectivity index (χ0v) is 9.87. The van der Waals surface area contributed by atoms with Crippen LogP contribution in [0, 0.1) is 6.92 Å². The van der Waals surface area contributed by atoms with Crippen LogP contribution in [0.2, 0.25) is 0 Å². The van der Waals surface area contributed by atoms with Crippen LogP contribution in [0.3, 0.4) is 0 Å². The second-order valence-corrected chi connectivity index (χ2v) is 4.00. The van der Waals surface area contributed by atoms with E-state index in [9.17, 15) is 0 Å². The van der Waals surface area contributed by atoms with Crippen molar-refractivity contribution >= 4 is 17.1 Å². The van der Waals surface area contributed by atoms with Crippen LogP contribution in [0.15, 0.2) is 23.0 Å². The molecule has 3 heterocycles. The molecule has 0 aromatic carbocycles. The molecule has 0 aliphatic heterocycles. The molecule has 0 saturated carbocycles. The van der Waals surface area contributed by atoms with Gasteiger partial charge in [-0.3, -0.25) is 4.57 Å². The number of nitrogens with zero attached hydrogens (tertiary/aromatic N) is 5. The largest absolute Gasteiger partial charge is 0.369 e. The van der Waals surface area contributed by atoms with Gasteiger partial charge in [0.25, 0.3) is 0 Å². The average molecular weight is 244 g/mol. The maximum Gasteiger partial charge on any atom is 0.228 e. The van der Waals surface area contributed by atoms with E-state index in [1.165, 1.54) is 6.33 Å². The number of fused-ring (bicyclic) bond motifs is 1. The van der Waals surface area contributed by atoms with E-state index in [0.717, 1.165) is 16.9 Å². The molecule has 3 rings (SSSR count). The second-order valence-electron chi connectivity index (χ2n) is 4.00. The number of rotatable bonds is 3. The van der Waals surface area contributed by atoms with E-state index >= 15 is 0 Å². The first-order chi connectivity index (χ1) is 8.74. The summed E-state index contributed by atoms with van der Waals surface area (Å²) in [4.78, 5) is 12.7. The Hall–Kier alpha value is -2.44. The minimum atomic E-state index is 0.447. The summed E-state index contributed by atoms with van der Waals surface area (Å²) in [7, 11) is 0. The second kappa shape index (κ2) is 4.10. The van der Waals surface area contributed by atoms with E-state index in [2.05, 4.69) is 20.1 Å². The number of imidazole rings is 1. The van der Waals surface area contributed by atoms with E-state index in [-0.39, 0.29) is 0 Å². The van der Waals surface area contributed by atoms with Crippen LogP contribution in [0.1, 0.15) is 11.6 Å². The van der Waals surface area contributed by atoms with E-state index in [4.69, 9.17) is 10.3 Å². The smallest absolute Gasteiger partial charge is 0.228 e. The molecule has 92 valence electrons. The number of nitrogen functional groups attached to an aromatic ring is 1. The molecule has 0 aliphatic carbocycles. The average Bonchev–Trinajstić information content (AvgIpc) is 2.94. The maximum atomic E-state index is 5.89. The molecule has 18 heavy (non-hydrogen) atoms. The zero-order chi connectivity index (χ0) is 12.5. The summed E-state index contributed by atoms with van der Waals surface area (Å²) in [6, 6.07) is 3.83. The van der Waals surface area contributed by atoms with Gasteiger partial charge in [-0.25, -0.2) is 9.97 Å². The molecular weight excluding hydrogens is 232 g/mol. The summed E-state index contributed by atoms with van der Waals surface area (Å²) >= 11 is 0. The topological polar surface area (TPSA) is 95.7 Å². The third kappa shape index (κ3) is 1.79. The predicted octanol–water partition coefficient (Wildman–Crippen LogP) is 0.948. The van der Waals surface area contributed by atoms with Gasteiger partial charge in [0.1, 0.15) is 5.52 Å². The van der Waals surface area contributed by atoms with Crippen molar-refractivity contribution in [2.24, 2.45) is 0 Å². The molecule has 2 N–H and O–H groups in total. The molecule has 0 amide bonds. The molecule has 7 heteroatoms. The predicted molar refractivity (Wildman–Crippen MR) is 64.7 cm³/mol. The lowest BCUT2D eigenvalue weighted by molar-refractivity contribution is 0.371. The molecule has 0 spiro atoms. The molecule has 0 saturated heterocycles. The van der Waals surface area contributed by atoms with Crippen molar-refractivity contribution in [3.63, 3.8) is 0 Å². The van der Waals surface area contributed by atoms with Gasteiger partial charge in [0.2, 0.25) is 11.8 Å². The fraction of sp³-hybridized carbons (Fsp3) is 0.273. The van der Waals surface area contributed by atoms with E-state index < -0.39 is 0 Å². The highest BCUT2D eigenvalue weighted by Crippen LogP contribution is 2.16. The normalized spacial score (nSPS) is 11.2. The number of anilines is 1. The standard InChI is InChI=1S/C11H12N6O/c1-7-2-3-8-10(15-7)17(11(12)16-8)5-4-9-13-6-14-18-9/h2-3,6H,4-5H2,1H3,(H2,12,16). The zero-order valence-electron chi connectivity index (χ0n) is 9.87. The molecule has 3 aromatic heterocycles. The highest BCUT2D eigenvalue weighted by molar-refractivity contribution is 5.74. The third-order valence-electron chi connectivity index (χ3n) is 2.72. The number of hydrogen-bond acceptors (Lipinski definition) is 6. The summed E-state index contributed by atoms with van der Waals surface area (Å²) in [5.41, 5.74) is 8.40. The van der Waals surface area contributed by atoms with Crippen molar-refractivity contribution in [3.8, 4) is 0 Å². The van der Waals surface area contributed by atoms with Gasteiger partial charge < -0.3 is 10.3 Å². The van der Waals surface area contributed by atoms with Gasteiger partial charge in [0.05, 0.1) is 0 Å². The van der Waals surface area contributed by atoms with Crippen LogP contribution >= 0.6 is 0 Å². The van der Waals surface area contributed by atoms with Gasteiger partial charge in [-0.1, -0.05) is 5.16 Å². The Morgan fingerprint density at radius 1 is 1.33 bits per heavy atom. The summed E-state index contributed by atoms with van der Waals surface area (Å²) in [6.07, 6.45) is 1.98. The lowest BCUT2D eigenvalue weighted by atomic mass is 10.3. The number of aryl methyl sites for hydroxylation is 3. The lowest BCUT2D eigenvalue weighted by Gasteiger charge is -2.03. The molecule has 0 atom stereocenters. The first-order valence-corrected chi connectivity index (χ1v) is 5.59. The quantitative estimate of drug-likeness (QED) is 0.736. The molecule has 0 aliphatic rings. The van der Waals surface area contributed by atoms with Crippen LogP contribution in [0.25, 0.3) is 11.2 Å². The summed E-state index contributed by atoms with van der Waals surface area (Å²) in [6.45, 7) is 2.55. The lowest BCUT2D eigenvalue weighted by Crippen LogP contribution is -2.06. The Kier molecular flexibility index (Phi) is 2.44. The van der Waals surface area contributed by atoms with E-state index in [0.29, 0.717) is 24.8 Å². The van der Waals surface area contributed by atoms with Gasteiger partial charge in [0, 0.05) is 18.7 Å². The van der Waals surface area contributed by atoms with Crippen molar-refractivity contribution in [1.29, 1.82) is 0 Å². The first-order valence-electron chi connectivity index (χ1n) is 5.59. The van der Waals surface area contributed by atoms with Gasteiger partial charge in [-0.15, -0.1) is 0 Å². The third-order valence-corrected chi connectivity index (χ3v) is 2.72.